The van der Waals surface area contributed by atoms with Crippen molar-refractivity contribution in [2.24, 2.45) is 0 Å². The van der Waals surface area contributed by atoms with E-state index in [1.54, 1.807) is 0 Å². The van der Waals surface area contributed by atoms with Crippen LogP contribution in [0.2, 0.25) is 0 Å². The lowest BCUT2D eigenvalue weighted by atomic mass is 10.4. The predicted octanol–water partition coefficient (Wildman–Crippen LogP) is 1.68. The molecule has 0 amide bonds. The van der Waals surface area contributed by atoms with Crippen LogP contribution in [0.1, 0.15) is 6.92 Å². The molecule has 1 heterocycles. The zero-order valence-corrected chi connectivity index (χ0v) is 8.65. The molecular formula is C7H5BrN2O4. The standard InChI is InChI=1S/C7H5BrN2O4/c1-4(11)14-7-6(8)2-5(3-9-7)10(12)13/h2-3H,1H3. The van der Waals surface area contributed by atoms with Crippen LogP contribution in [0.15, 0.2) is 16.7 Å². The van der Waals surface area contributed by atoms with Crippen molar-refractivity contribution in [3.05, 3.63) is 26.9 Å². The highest BCUT2D eigenvalue weighted by molar-refractivity contribution is 9.10. The zero-order chi connectivity index (χ0) is 10.7. The van der Waals surface area contributed by atoms with Gasteiger partial charge in [0.15, 0.2) is 0 Å². The summed E-state index contributed by atoms with van der Waals surface area (Å²) in [6, 6.07) is 1.21. The van der Waals surface area contributed by atoms with Gasteiger partial charge in [-0.05, 0) is 15.9 Å². The molecule has 1 aromatic rings. The average molecular weight is 261 g/mol. The number of nitro groups is 1. The van der Waals surface area contributed by atoms with Crippen LogP contribution in [0.4, 0.5) is 5.69 Å². The van der Waals surface area contributed by atoms with Gasteiger partial charge in [-0.3, -0.25) is 14.9 Å². The van der Waals surface area contributed by atoms with E-state index in [0.717, 1.165) is 6.20 Å². The van der Waals surface area contributed by atoms with Gasteiger partial charge in [0, 0.05) is 13.0 Å². The van der Waals surface area contributed by atoms with Crippen LogP contribution in [0.3, 0.4) is 0 Å². The normalized spacial score (nSPS) is 9.57. The van der Waals surface area contributed by atoms with E-state index in [4.69, 9.17) is 0 Å². The number of nitrogens with zero attached hydrogens (tertiary/aromatic N) is 2. The van der Waals surface area contributed by atoms with Gasteiger partial charge in [0.1, 0.15) is 6.20 Å². The second kappa shape index (κ2) is 4.14. The third-order valence-electron chi connectivity index (χ3n) is 1.24. The Hall–Kier alpha value is -1.50. The summed E-state index contributed by atoms with van der Waals surface area (Å²) in [5.41, 5.74) is -0.173. The van der Waals surface area contributed by atoms with Gasteiger partial charge in [0.05, 0.1) is 9.40 Å². The van der Waals surface area contributed by atoms with Crippen molar-refractivity contribution in [2.45, 2.75) is 6.92 Å². The number of pyridine rings is 1. The first-order chi connectivity index (χ1) is 6.50. The third kappa shape index (κ3) is 2.49. The lowest BCUT2D eigenvalue weighted by Gasteiger charge is -2.01. The van der Waals surface area contributed by atoms with Crippen molar-refractivity contribution >= 4 is 27.6 Å². The van der Waals surface area contributed by atoms with E-state index >= 15 is 0 Å². The highest BCUT2D eigenvalue weighted by atomic mass is 79.9. The highest BCUT2D eigenvalue weighted by Gasteiger charge is 2.12. The predicted molar refractivity (Wildman–Crippen MR) is 49.9 cm³/mol. The number of esters is 1. The fourth-order valence-corrected chi connectivity index (χ4v) is 1.14. The molecule has 74 valence electrons. The number of halogens is 1. The van der Waals surface area contributed by atoms with E-state index in [2.05, 4.69) is 25.7 Å². The summed E-state index contributed by atoms with van der Waals surface area (Å²) in [5.74, 6) is -0.518. The first-order valence-corrected chi connectivity index (χ1v) is 4.28. The number of hydrogen-bond donors (Lipinski definition) is 0. The molecule has 0 aliphatic carbocycles. The van der Waals surface area contributed by atoms with Crippen LogP contribution < -0.4 is 4.74 Å². The second-order valence-electron chi connectivity index (χ2n) is 2.33. The molecule has 1 rings (SSSR count). The number of rotatable bonds is 2. The SMILES string of the molecule is CC(=O)Oc1ncc([N+](=O)[O-])cc1Br. The monoisotopic (exact) mass is 260 g/mol. The van der Waals surface area contributed by atoms with Crippen LogP contribution in [-0.2, 0) is 4.79 Å². The molecule has 0 N–H and O–H groups in total. The molecular weight excluding hydrogens is 256 g/mol. The first kappa shape index (κ1) is 10.6. The van der Waals surface area contributed by atoms with Gasteiger partial charge in [0.2, 0.25) is 5.88 Å². The summed E-state index contributed by atoms with van der Waals surface area (Å²) >= 11 is 3.00. The molecule has 0 spiro atoms. The van der Waals surface area contributed by atoms with Crippen molar-refractivity contribution in [3.8, 4) is 5.88 Å². The van der Waals surface area contributed by atoms with Gasteiger partial charge >= 0.3 is 5.97 Å². The Kier molecular flexibility index (Phi) is 3.13. The lowest BCUT2D eigenvalue weighted by molar-refractivity contribution is -0.385. The maximum absolute atomic E-state index is 10.6. The molecule has 0 radical (unpaired) electrons. The molecule has 14 heavy (non-hydrogen) atoms. The molecule has 0 aliphatic heterocycles. The van der Waals surface area contributed by atoms with Crippen LogP contribution >= 0.6 is 15.9 Å². The largest absolute Gasteiger partial charge is 0.406 e. The Balaban J connectivity index is 3.01. The maximum Gasteiger partial charge on any atom is 0.309 e. The third-order valence-corrected chi connectivity index (χ3v) is 1.81. The molecule has 7 heteroatoms. The molecule has 0 bridgehead atoms. The molecule has 0 unspecified atom stereocenters. The number of ether oxygens (including phenoxy) is 1. The lowest BCUT2D eigenvalue weighted by Crippen LogP contribution is -2.04. The van der Waals surface area contributed by atoms with E-state index in [1.165, 1.54) is 13.0 Å². The van der Waals surface area contributed by atoms with Gasteiger partial charge in [0.25, 0.3) is 5.69 Å². The summed E-state index contributed by atoms with van der Waals surface area (Å²) < 4.78 is 4.93. The summed E-state index contributed by atoms with van der Waals surface area (Å²) in [7, 11) is 0. The van der Waals surface area contributed by atoms with Crippen LogP contribution in [-0.4, -0.2) is 15.9 Å². The van der Waals surface area contributed by atoms with Gasteiger partial charge in [-0.25, -0.2) is 4.98 Å². The topological polar surface area (TPSA) is 82.3 Å². The van der Waals surface area contributed by atoms with E-state index < -0.39 is 10.9 Å². The summed E-state index contributed by atoms with van der Waals surface area (Å²) in [5, 5.41) is 10.3. The van der Waals surface area contributed by atoms with E-state index in [0.29, 0.717) is 0 Å². The van der Waals surface area contributed by atoms with Gasteiger partial charge < -0.3 is 4.74 Å². The second-order valence-corrected chi connectivity index (χ2v) is 3.19. The quantitative estimate of drug-likeness (QED) is 0.459. The van der Waals surface area contributed by atoms with Crippen molar-refractivity contribution in [2.75, 3.05) is 0 Å². The van der Waals surface area contributed by atoms with Gasteiger partial charge in [-0.15, -0.1) is 0 Å². The Morgan fingerprint density at radius 1 is 1.71 bits per heavy atom. The molecule has 0 aliphatic rings. The number of carbonyl (C=O) groups excluding carboxylic acids is 1. The Bertz CT molecular complexity index is 393. The minimum atomic E-state index is -0.588. The minimum absolute atomic E-state index is 0.0168. The average Bonchev–Trinajstić information content (AvgIpc) is 2.07. The molecule has 0 fully saturated rings. The summed E-state index contributed by atoms with van der Waals surface area (Å²) in [4.78, 5) is 23.9. The van der Waals surface area contributed by atoms with Crippen molar-refractivity contribution in [3.63, 3.8) is 0 Å². The fourth-order valence-electron chi connectivity index (χ4n) is 0.726. The van der Waals surface area contributed by atoms with E-state index in [9.17, 15) is 14.9 Å². The number of hydrogen-bond acceptors (Lipinski definition) is 5. The number of carbonyl (C=O) groups is 1. The smallest absolute Gasteiger partial charge is 0.309 e. The zero-order valence-electron chi connectivity index (χ0n) is 7.06. The van der Waals surface area contributed by atoms with E-state index in [1.807, 2.05) is 0 Å². The van der Waals surface area contributed by atoms with Crippen LogP contribution in [0.25, 0.3) is 0 Å². The molecule has 0 aromatic carbocycles. The Labute approximate surface area is 87.2 Å². The highest BCUT2D eigenvalue weighted by Crippen LogP contribution is 2.26. The molecule has 6 nitrogen and oxygen atoms in total. The fraction of sp³-hybridized carbons (Fsp3) is 0.143. The number of aromatic nitrogens is 1. The Morgan fingerprint density at radius 3 is 2.79 bits per heavy atom. The van der Waals surface area contributed by atoms with Gasteiger partial charge in [-0.1, -0.05) is 0 Å². The van der Waals surface area contributed by atoms with Gasteiger partial charge in [-0.2, -0.15) is 0 Å². The molecule has 0 saturated heterocycles. The van der Waals surface area contributed by atoms with Crippen LogP contribution in [0, 0.1) is 10.1 Å². The van der Waals surface area contributed by atoms with Crippen molar-refractivity contribution in [1.82, 2.24) is 4.98 Å². The molecule has 0 saturated carbocycles. The first-order valence-electron chi connectivity index (χ1n) is 3.49. The molecule has 1 aromatic heterocycles. The molecule has 0 atom stereocenters. The van der Waals surface area contributed by atoms with Crippen molar-refractivity contribution < 1.29 is 14.5 Å². The van der Waals surface area contributed by atoms with Crippen LogP contribution in [0.5, 0.6) is 5.88 Å². The van der Waals surface area contributed by atoms with Crippen molar-refractivity contribution in [1.29, 1.82) is 0 Å². The summed E-state index contributed by atoms with van der Waals surface area (Å²) in [6.45, 7) is 1.22. The minimum Gasteiger partial charge on any atom is -0.406 e. The summed E-state index contributed by atoms with van der Waals surface area (Å²) in [6.07, 6.45) is 1.02. The maximum atomic E-state index is 10.6. The Morgan fingerprint density at radius 2 is 2.36 bits per heavy atom. The van der Waals surface area contributed by atoms with E-state index in [-0.39, 0.29) is 16.0 Å².